The summed E-state index contributed by atoms with van der Waals surface area (Å²) in [5, 5.41) is 22.7. The zero-order valence-electron chi connectivity index (χ0n) is 24.3. The number of thioether (sulfide) groups is 1. The molecule has 222 valence electrons. The maximum atomic E-state index is 13.6. The minimum atomic E-state index is -0.910. The molecule has 0 radical (unpaired) electrons. The van der Waals surface area contributed by atoms with Crippen LogP contribution >= 0.6 is 23.1 Å². The van der Waals surface area contributed by atoms with Gasteiger partial charge in [-0.3, -0.25) is 14.5 Å². The van der Waals surface area contributed by atoms with Crippen molar-refractivity contribution in [3.05, 3.63) is 119 Å². The summed E-state index contributed by atoms with van der Waals surface area (Å²) in [5.41, 5.74) is 2.25. The van der Waals surface area contributed by atoms with Gasteiger partial charge in [0.05, 0.1) is 18.2 Å². The highest BCUT2D eigenvalue weighted by Crippen LogP contribution is 2.44. The van der Waals surface area contributed by atoms with Crippen LogP contribution in [0.2, 0.25) is 0 Å². The van der Waals surface area contributed by atoms with Gasteiger partial charge < -0.3 is 9.84 Å². The van der Waals surface area contributed by atoms with Gasteiger partial charge in [-0.25, -0.2) is 0 Å². The quantitative estimate of drug-likeness (QED) is 0.0555. The summed E-state index contributed by atoms with van der Waals surface area (Å²) in [7, 11) is 0. The van der Waals surface area contributed by atoms with Gasteiger partial charge in [0.1, 0.15) is 11.5 Å². The van der Waals surface area contributed by atoms with E-state index in [0.29, 0.717) is 39.5 Å². The number of hydrogen-bond acceptors (Lipinski definition) is 8. The molecule has 1 aliphatic heterocycles. The number of anilines is 1. The molecule has 6 rings (SSSR count). The molecule has 0 aliphatic carbocycles. The molecule has 1 atom stereocenters. The van der Waals surface area contributed by atoms with Crippen LogP contribution in [0, 0.1) is 5.92 Å². The number of fused-ring (bicyclic) bond motifs is 1. The largest absolute Gasteiger partial charge is 0.507 e. The summed E-state index contributed by atoms with van der Waals surface area (Å²) in [4.78, 5) is 28.6. The van der Waals surface area contributed by atoms with E-state index in [9.17, 15) is 14.7 Å². The van der Waals surface area contributed by atoms with Gasteiger partial charge in [-0.05, 0) is 46.4 Å². The Morgan fingerprint density at radius 2 is 1.70 bits per heavy atom. The fourth-order valence-corrected chi connectivity index (χ4v) is 7.07. The number of hydrogen-bond donors (Lipinski definition) is 1. The Hall–Kier alpha value is -4.47. The first-order valence-corrected chi connectivity index (χ1v) is 16.2. The fourth-order valence-electron chi connectivity index (χ4n) is 5.20. The van der Waals surface area contributed by atoms with E-state index in [2.05, 4.69) is 48.3 Å². The topological polar surface area (TPSA) is 92.6 Å². The summed E-state index contributed by atoms with van der Waals surface area (Å²) in [6, 6.07) is 29.6. The Morgan fingerprint density at radius 1 is 0.955 bits per heavy atom. The lowest BCUT2D eigenvalue weighted by Crippen LogP contribution is -2.29. The second-order valence-electron chi connectivity index (χ2n) is 10.9. The van der Waals surface area contributed by atoms with E-state index in [1.165, 1.54) is 44.3 Å². The van der Waals surface area contributed by atoms with Gasteiger partial charge in [-0.2, -0.15) is 0 Å². The first-order chi connectivity index (χ1) is 21.4. The summed E-state index contributed by atoms with van der Waals surface area (Å²) in [5.74, 6) is 0.000952. The van der Waals surface area contributed by atoms with Crippen molar-refractivity contribution in [1.29, 1.82) is 0 Å². The Kier molecular flexibility index (Phi) is 8.77. The predicted molar refractivity (Wildman–Crippen MR) is 176 cm³/mol. The van der Waals surface area contributed by atoms with Crippen LogP contribution in [0.1, 0.15) is 43.0 Å². The normalized spacial score (nSPS) is 16.2. The SMILES string of the molecule is CC(C)CCOc1cccc(C2/C(=C(\O)c3ccccc3)C(=O)C(=O)N2c2nnc(SCc3cccc4ccccc34)s2)c1. The summed E-state index contributed by atoms with van der Waals surface area (Å²) >= 11 is 2.77. The van der Waals surface area contributed by atoms with Crippen molar-refractivity contribution in [2.45, 2.75) is 36.4 Å². The van der Waals surface area contributed by atoms with Crippen LogP contribution < -0.4 is 9.64 Å². The highest BCUT2D eigenvalue weighted by Gasteiger charge is 2.48. The monoisotopic (exact) mass is 621 g/mol. The van der Waals surface area contributed by atoms with E-state index in [1.807, 2.05) is 48.5 Å². The van der Waals surface area contributed by atoms with Crippen LogP contribution in [-0.2, 0) is 15.3 Å². The Morgan fingerprint density at radius 3 is 2.52 bits per heavy atom. The number of carbonyl (C=O) groups excluding carboxylic acids is 2. The number of rotatable bonds is 10. The summed E-state index contributed by atoms with van der Waals surface area (Å²) in [6.07, 6.45) is 0.890. The van der Waals surface area contributed by atoms with E-state index >= 15 is 0 Å². The Bertz CT molecular complexity index is 1850. The third-order valence-corrected chi connectivity index (χ3v) is 9.57. The number of amides is 1. The third-order valence-electron chi connectivity index (χ3n) is 7.46. The lowest BCUT2D eigenvalue weighted by molar-refractivity contribution is -0.132. The van der Waals surface area contributed by atoms with Crippen LogP contribution in [0.15, 0.2) is 107 Å². The molecule has 1 amide bonds. The van der Waals surface area contributed by atoms with Crippen LogP contribution in [-0.4, -0.2) is 33.6 Å². The third kappa shape index (κ3) is 6.11. The van der Waals surface area contributed by atoms with E-state index in [1.54, 1.807) is 24.3 Å². The number of carbonyl (C=O) groups is 2. The Labute approximate surface area is 264 Å². The van der Waals surface area contributed by atoms with E-state index < -0.39 is 17.7 Å². The maximum absolute atomic E-state index is 13.6. The van der Waals surface area contributed by atoms with Crippen molar-refractivity contribution in [3.8, 4) is 5.75 Å². The van der Waals surface area contributed by atoms with Crippen molar-refractivity contribution in [3.63, 3.8) is 0 Å². The minimum Gasteiger partial charge on any atom is -0.507 e. The molecule has 7 nitrogen and oxygen atoms in total. The van der Waals surface area contributed by atoms with Crippen LogP contribution in [0.5, 0.6) is 5.75 Å². The molecule has 1 aromatic heterocycles. The lowest BCUT2D eigenvalue weighted by atomic mass is 9.95. The number of aromatic nitrogens is 2. The molecular weight excluding hydrogens is 591 g/mol. The summed E-state index contributed by atoms with van der Waals surface area (Å²) < 4.78 is 6.67. The van der Waals surface area contributed by atoms with Crippen molar-refractivity contribution < 1.29 is 19.4 Å². The molecule has 1 aliphatic rings. The zero-order valence-corrected chi connectivity index (χ0v) is 26.0. The van der Waals surface area contributed by atoms with E-state index in [0.717, 1.165) is 6.42 Å². The standard InChI is InChI=1S/C35H31N3O4S2/c1-22(2)18-19-42-27-16-9-14-25(20-27)30-29(31(39)24-11-4-3-5-12-24)32(40)33(41)38(30)34-36-37-35(44-34)43-21-26-15-8-13-23-10-6-7-17-28(23)26/h3-17,20,22,30,39H,18-19,21H2,1-2H3/b31-29+. The minimum absolute atomic E-state index is 0.000638. The molecule has 9 heteroatoms. The summed E-state index contributed by atoms with van der Waals surface area (Å²) in [6.45, 7) is 4.81. The lowest BCUT2D eigenvalue weighted by Gasteiger charge is -2.23. The number of aliphatic hydroxyl groups is 1. The van der Waals surface area contributed by atoms with Crippen LogP contribution in [0.3, 0.4) is 0 Å². The molecule has 1 fully saturated rings. The highest BCUT2D eigenvalue weighted by atomic mass is 32.2. The first-order valence-electron chi connectivity index (χ1n) is 14.4. The molecule has 4 aromatic carbocycles. The molecule has 0 bridgehead atoms. The molecule has 1 saturated heterocycles. The molecule has 1 N–H and O–H groups in total. The number of Topliss-reactive ketones (excluding diaryl/α,β-unsaturated/α-hetero) is 1. The van der Waals surface area contributed by atoms with Gasteiger partial charge in [0, 0.05) is 11.3 Å². The molecule has 2 heterocycles. The van der Waals surface area contributed by atoms with Crippen molar-refractivity contribution in [2.24, 2.45) is 5.92 Å². The molecule has 1 unspecified atom stereocenters. The Balaban J connectivity index is 1.35. The van der Waals surface area contributed by atoms with Gasteiger partial charge >= 0.3 is 5.91 Å². The molecule has 5 aromatic rings. The number of nitrogens with zero attached hydrogens (tertiary/aromatic N) is 3. The number of ether oxygens (including phenoxy) is 1. The van der Waals surface area contributed by atoms with Gasteiger partial charge in [0.15, 0.2) is 4.34 Å². The first kappa shape index (κ1) is 29.6. The van der Waals surface area contributed by atoms with Crippen molar-refractivity contribution >= 4 is 56.5 Å². The van der Waals surface area contributed by atoms with Crippen LogP contribution in [0.25, 0.3) is 16.5 Å². The van der Waals surface area contributed by atoms with Gasteiger partial charge in [-0.1, -0.05) is 122 Å². The average molecular weight is 622 g/mol. The van der Waals surface area contributed by atoms with Gasteiger partial charge in [0.2, 0.25) is 5.13 Å². The van der Waals surface area contributed by atoms with E-state index in [-0.39, 0.29) is 16.5 Å². The molecule has 0 saturated carbocycles. The number of aliphatic hydroxyl groups excluding tert-OH is 1. The molecular formula is C35H31N3O4S2. The fraction of sp³-hybridized carbons (Fsp3) is 0.200. The number of ketones is 1. The zero-order chi connectivity index (χ0) is 30.6. The van der Waals surface area contributed by atoms with Gasteiger partial charge in [-0.15, -0.1) is 10.2 Å². The highest BCUT2D eigenvalue weighted by molar-refractivity contribution is 8.00. The van der Waals surface area contributed by atoms with Crippen LogP contribution in [0.4, 0.5) is 5.13 Å². The van der Waals surface area contributed by atoms with Gasteiger partial charge in [0.25, 0.3) is 5.78 Å². The average Bonchev–Trinajstić information content (AvgIpc) is 3.61. The predicted octanol–water partition coefficient (Wildman–Crippen LogP) is 8.03. The van der Waals surface area contributed by atoms with Crippen molar-refractivity contribution in [2.75, 3.05) is 11.5 Å². The van der Waals surface area contributed by atoms with Crippen molar-refractivity contribution in [1.82, 2.24) is 10.2 Å². The van der Waals surface area contributed by atoms with E-state index in [4.69, 9.17) is 4.74 Å². The second-order valence-corrected chi connectivity index (χ2v) is 13.1. The molecule has 0 spiro atoms. The second kappa shape index (κ2) is 13.0. The maximum Gasteiger partial charge on any atom is 0.301 e. The smallest absolute Gasteiger partial charge is 0.301 e. The molecule has 44 heavy (non-hydrogen) atoms. The number of benzene rings is 4.